The van der Waals surface area contributed by atoms with Crippen LogP contribution in [-0.4, -0.2) is 0 Å². The summed E-state index contributed by atoms with van der Waals surface area (Å²) in [5, 5.41) is 0. The van der Waals surface area contributed by atoms with Gasteiger partial charge in [0.25, 0.3) is 0 Å². The summed E-state index contributed by atoms with van der Waals surface area (Å²) in [6.45, 7) is 2.60. The Balaban J connectivity index is 2.16. The molecule has 1 heterocycles. The monoisotopic (exact) mass is 347 g/mol. The van der Waals surface area contributed by atoms with E-state index in [9.17, 15) is 8.78 Å². The fourth-order valence-corrected chi connectivity index (χ4v) is 2.96. The van der Waals surface area contributed by atoms with E-state index in [2.05, 4.69) is 15.9 Å². The maximum atomic E-state index is 13.5. The molecule has 0 atom stereocenters. The molecule has 0 saturated carbocycles. The average molecular weight is 348 g/mol. The summed E-state index contributed by atoms with van der Waals surface area (Å²) < 4.78 is 32.5. The van der Waals surface area contributed by atoms with Gasteiger partial charge in [-0.15, -0.1) is 11.3 Å². The molecule has 1 aromatic heterocycles. The third-order valence-corrected chi connectivity index (χ3v) is 4.19. The van der Waals surface area contributed by atoms with Crippen molar-refractivity contribution in [3.63, 3.8) is 0 Å². The van der Waals surface area contributed by atoms with E-state index in [0.29, 0.717) is 11.0 Å². The molecule has 0 fully saturated rings. The van der Waals surface area contributed by atoms with E-state index in [0.717, 1.165) is 21.4 Å². The zero-order chi connectivity index (χ0) is 14.0. The highest BCUT2D eigenvalue weighted by atomic mass is 79.9. The van der Waals surface area contributed by atoms with Crippen LogP contribution in [0.15, 0.2) is 22.7 Å². The third-order valence-electron chi connectivity index (χ3n) is 2.62. The van der Waals surface area contributed by atoms with Gasteiger partial charge in [0, 0.05) is 26.3 Å². The first-order valence-electron chi connectivity index (χ1n) is 5.57. The minimum Gasteiger partial charge on any atom is -0.486 e. The Morgan fingerprint density at radius 2 is 2.05 bits per heavy atom. The zero-order valence-electron chi connectivity index (χ0n) is 10.2. The minimum atomic E-state index is -0.977. The van der Waals surface area contributed by atoms with Crippen LogP contribution in [0.2, 0.25) is 0 Å². The molecule has 2 aromatic rings. The summed E-state index contributed by atoms with van der Waals surface area (Å²) in [6, 6.07) is 4.39. The second kappa shape index (κ2) is 5.98. The normalized spacial score (nSPS) is 10.8. The van der Waals surface area contributed by atoms with Crippen molar-refractivity contribution in [3.05, 3.63) is 49.6 Å². The summed E-state index contributed by atoms with van der Waals surface area (Å²) in [5.41, 5.74) is 6.49. The standard InChI is InChI=1S/C13H12BrF2NOS/c1-7-8(2-10(5-17)19-7)6-18-12-4-9(14)3-11(15)13(12)16/h2-4H,5-6,17H2,1H3. The molecule has 0 unspecified atom stereocenters. The molecule has 0 saturated heterocycles. The van der Waals surface area contributed by atoms with E-state index in [4.69, 9.17) is 10.5 Å². The number of benzene rings is 1. The number of hydrogen-bond donors (Lipinski definition) is 1. The largest absolute Gasteiger partial charge is 0.486 e. The van der Waals surface area contributed by atoms with Gasteiger partial charge < -0.3 is 10.5 Å². The molecular formula is C13H12BrF2NOS. The number of hydrogen-bond acceptors (Lipinski definition) is 3. The van der Waals surface area contributed by atoms with Crippen molar-refractivity contribution in [2.24, 2.45) is 5.73 Å². The molecule has 0 spiro atoms. The molecule has 0 amide bonds. The van der Waals surface area contributed by atoms with E-state index in [-0.39, 0.29) is 12.4 Å². The molecule has 0 radical (unpaired) electrons. The SMILES string of the molecule is Cc1sc(CN)cc1COc1cc(Br)cc(F)c1F. The van der Waals surface area contributed by atoms with E-state index in [1.165, 1.54) is 6.07 Å². The highest BCUT2D eigenvalue weighted by Crippen LogP contribution is 2.27. The fourth-order valence-electron chi connectivity index (χ4n) is 1.62. The van der Waals surface area contributed by atoms with Gasteiger partial charge in [-0.05, 0) is 25.1 Å². The van der Waals surface area contributed by atoms with Crippen molar-refractivity contribution in [2.75, 3.05) is 0 Å². The van der Waals surface area contributed by atoms with Gasteiger partial charge in [0.05, 0.1) is 0 Å². The Hall–Kier alpha value is -0.980. The Morgan fingerprint density at radius 1 is 1.32 bits per heavy atom. The van der Waals surface area contributed by atoms with Crippen molar-refractivity contribution in [1.29, 1.82) is 0 Å². The molecule has 0 bridgehead atoms. The molecule has 19 heavy (non-hydrogen) atoms. The average Bonchev–Trinajstić information content (AvgIpc) is 2.73. The minimum absolute atomic E-state index is 0.105. The number of ether oxygens (including phenoxy) is 1. The second-order valence-corrected chi connectivity index (χ2v) is 6.24. The molecule has 2 nitrogen and oxygen atoms in total. The van der Waals surface area contributed by atoms with Gasteiger partial charge in [-0.25, -0.2) is 4.39 Å². The molecule has 2 rings (SSSR count). The van der Waals surface area contributed by atoms with Crippen LogP contribution in [0.3, 0.4) is 0 Å². The van der Waals surface area contributed by atoms with Crippen LogP contribution in [0.25, 0.3) is 0 Å². The number of aryl methyl sites for hydroxylation is 1. The maximum Gasteiger partial charge on any atom is 0.200 e. The van der Waals surface area contributed by atoms with Crippen molar-refractivity contribution < 1.29 is 13.5 Å². The third kappa shape index (κ3) is 3.32. The van der Waals surface area contributed by atoms with Crippen LogP contribution in [0.4, 0.5) is 8.78 Å². The van der Waals surface area contributed by atoms with Gasteiger partial charge in [-0.1, -0.05) is 15.9 Å². The first kappa shape index (κ1) is 14.4. The van der Waals surface area contributed by atoms with E-state index in [1.54, 1.807) is 11.3 Å². The van der Waals surface area contributed by atoms with Crippen LogP contribution >= 0.6 is 27.3 Å². The van der Waals surface area contributed by atoms with Crippen molar-refractivity contribution in [3.8, 4) is 5.75 Å². The molecule has 6 heteroatoms. The Kier molecular flexibility index (Phi) is 4.54. The Labute approximate surface area is 122 Å². The maximum absolute atomic E-state index is 13.5. The lowest BCUT2D eigenvalue weighted by molar-refractivity contribution is 0.284. The Morgan fingerprint density at radius 3 is 2.68 bits per heavy atom. The summed E-state index contributed by atoms with van der Waals surface area (Å²) >= 11 is 4.68. The topological polar surface area (TPSA) is 35.2 Å². The Bertz CT molecular complexity index is 601. The van der Waals surface area contributed by atoms with Crippen LogP contribution in [-0.2, 0) is 13.2 Å². The first-order valence-corrected chi connectivity index (χ1v) is 7.17. The number of nitrogens with two attached hydrogens (primary N) is 1. The molecule has 0 aliphatic heterocycles. The van der Waals surface area contributed by atoms with Gasteiger partial charge >= 0.3 is 0 Å². The zero-order valence-corrected chi connectivity index (χ0v) is 12.6. The lowest BCUT2D eigenvalue weighted by atomic mass is 10.2. The molecule has 2 N–H and O–H groups in total. The number of halogens is 3. The summed E-state index contributed by atoms with van der Waals surface area (Å²) in [5.74, 6) is -2.02. The highest BCUT2D eigenvalue weighted by molar-refractivity contribution is 9.10. The molecule has 0 aliphatic carbocycles. The lowest BCUT2D eigenvalue weighted by Gasteiger charge is -2.08. The predicted molar refractivity (Wildman–Crippen MR) is 75.3 cm³/mol. The molecule has 102 valence electrons. The summed E-state index contributed by atoms with van der Waals surface area (Å²) in [7, 11) is 0. The highest BCUT2D eigenvalue weighted by Gasteiger charge is 2.12. The van der Waals surface area contributed by atoms with Crippen molar-refractivity contribution in [2.45, 2.75) is 20.1 Å². The summed E-state index contributed by atoms with van der Waals surface area (Å²) in [6.07, 6.45) is 0. The van der Waals surface area contributed by atoms with Gasteiger partial charge in [0.2, 0.25) is 5.82 Å². The van der Waals surface area contributed by atoms with Gasteiger partial charge in [-0.2, -0.15) is 4.39 Å². The van der Waals surface area contributed by atoms with Crippen LogP contribution < -0.4 is 10.5 Å². The fraction of sp³-hybridized carbons (Fsp3) is 0.231. The smallest absolute Gasteiger partial charge is 0.200 e. The van der Waals surface area contributed by atoms with Crippen LogP contribution in [0.1, 0.15) is 15.3 Å². The van der Waals surface area contributed by atoms with Gasteiger partial charge in [-0.3, -0.25) is 0 Å². The number of thiophene rings is 1. The van der Waals surface area contributed by atoms with E-state index >= 15 is 0 Å². The van der Waals surface area contributed by atoms with Crippen molar-refractivity contribution in [1.82, 2.24) is 0 Å². The first-order chi connectivity index (χ1) is 9.01. The van der Waals surface area contributed by atoms with Crippen molar-refractivity contribution >= 4 is 27.3 Å². The van der Waals surface area contributed by atoms with Gasteiger partial charge in [0.15, 0.2) is 11.6 Å². The van der Waals surface area contributed by atoms with Crippen LogP contribution in [0, 0.1) is 18.6 Å². The second-order valence-electron chi connectivity index (χ2n) is 3.99. The quantitative estimate of drug-likeness (QED) is 0.843. The molecule has 0 aliphatic rings. The molecular weight excluding hydrogens is 336 g/mol. The number of rotatable bonds is 4. The lowest BCUT2D eigenvalue weighted by Crippen LogP contribution is -1.99. The summed E-state index contributed by atoms with van der Waals surface area (Å²) in [4.78, 5) is 2.10. The molecule has 1 aromatic carbocycles. The van der Waals surface area contributed by atoms with E-state index < -0.39 is 11.6 Å². The van der Waals surface area contributed by atoms with E-state index in [1.807, 2.05) is 13.0 Å². The van der Waals surface area contributed by atoms with Crippen LogP contribution in [0.5, 0.6) is 5.75 Å². The van der Waals surface area contributed by atoms with Gasteiger partial charge in [0.1, 0.15) is 6.61 Å². The predicted octanol–water partition coefficient (Wildman–Crippen LogP) is 4.13.